The molecule has 0 radical (unpaired) electrons. The largest absolute Gasteiger partial charge is 0.492 e. The van der Waals surface area contributed by atoms with Gasteiger partial charge in [-0.1, -0.05) is 17.7 Å². The summed E-state index contributed by atoms with van der Waals surface area (Å²) in [6.07, 6.45) is 0.835. The maximum atomic E-state index is 7.48. The van der Waals surface area contributed by atoms with Gasteiger partial charge in [-0.3, -0.25) is 5.41 Å². The van der Waals surface area contributed by atoms with Crippen LogP contribution in [0.4, 0.5) is 0 Å². The highest BCUT2D eigenvalue weighted by atomic mass is 35.5. The molecule has 0 fully saturated rings. The summed E-state index contributed by atoms with van der Waals surface area (Å²) < 4.78 is 5.65. The molecule has 0 atom stereocenters. The first-order valence-electron chi connectivity index (χ1n) is 5.46. The molecule has 0 saturated heterocycles. The van der Waals surface area contributed by atoms with Crippen LogP contribution < -0.4 is 10.5 Å². The minimum absolute atomic E-state index is 0.0159. The first kappa shape index (κ1) is 12.9. The number of nitrogen functional groups attached to an aromatic ring is 1. The molecule has 0 spiro atoms. The molecule has 18 heavy (non-hydrogen) atoms. The summed E-state index contributed by atoms with van der Waals surface area (Å²) in [7, 11) is 0. The van der Waals surface area contributed by atoms with E-state index in [1.165, 1.54) is 4.88 Å². The van der Waals surface area contributed by atoms with Gasteiger partial charge >= 0.3 is 0 Å². The number of nitrogens with two attached hydrogens (primary N) is 1. The van der Waals surface area contributed by atoms with Gasteiger partial charge in [0.25, 0.3) is 0 Å². The van der Waals surface area contributed by atoms with E-state index < -0.39 is 0 Å². The van der Waals surface area contributed by atoms with Crippen molar-refractivity contribution in [2.24, 2.45) is 5.73 Å². The van der Waals surface area contributed by atoms with E-state index in [1.807, 2.05) is 11.4 Å². The van der Waals surface area contributed by atoms with Gasteiger partial charge in [0.2, 0.25) is 0 Å². The fourth-order valence-electron chi connectivity index (χ4n) is 1.55. The molecule has 0 aliphatic heterocycles. The monoisotopic (exact) mass is 280 g/mol. The van der Waals surface area contributed by atoms with Crippen molar-refractivity contribution in [1.82, 2.24) is 0 Å². The lowest BCUT2D eigenvalue weighted by atomic mass is 10.2. The van der Waals surface area contributed by atoms with E-state index in [-0.39, 0.29) is 5.84 Å². The number of benzene rings is 1. The second-order valence-electron chi connectivity index (χ2n) is 3.73. The van der Waals surface area contributed by atoms with E-state index in [0.717, 1.165) is 6.42 Å². The lowest BCUT2D eigenvalue weighted by molar-refractivity contribution is 0.322. The first-order valence-corrected chi connectivity index (χ1v) is 6.71. The third-order valence-electron chi connectivity index (χ3n) is 2.42. The van der Waals surface area contributed by atoms with Crippen molar-refractivity contribution >= 4 is 28.8 Å². The third kappa shape index (κ3) is 3.24. The number of hydrogen-bond donors (Lipinski definition) is 2. The molecule has 0 saturated carbocycles. The lowest BCUT2D eigenvalue weighted by Crippen LogP contribution is -2.13. The minimum Gasteiger partial charge on any atom is -0.492 e. The van der Waals surface area contributed by atoms with Crippen LogP contribution >= 0.6 is 22.9 Å². The number of amidine groups is 1. The quantitative estimate of drug-likeness (QED) is 0.652. The van der Waals surface area contributed by atoms with Crippen LogP contribution in [-0.4, -0.2) is 12.4 Å². The van der Waals surface area contributed by atoms with Gasteiger partial charge < -0.3 is 10.5 Å². The van der Waals surface area contributed by atoms with Gasteiger partial charge in [-0.15, -0.1) is 11.3 Å². The molecule has 0 aliphatic rings. The topological polar surface area (TPSA) is 59.1 Å². The average Bonchev–Trinajstić information content (AvgIpc) is 2.82. The molecule has 2 rings (SSSR count). The van der Waals surface area contributed by atoms with Crippen molar-refractivity contribution < 1.29 is 4.74 Å². The number of nitrogens with one attached hydrogen (secondary N) is 1. The standard InChI is InChI=1S/C13H13ClN2OS/c14-9-3-4-11(13(15)16)12(8-9)17-6-5-10-2-1-7-18-10/h1-4,7-8H,5-6H2,(H3,15,16). The maximum absolute atomic E-state index is 7.48. The van der Waals surface area contributed by atoms with Crippen LogP contribution in [0.1, 0.15) is 10.4 Å². The summed E-state index contributed by atoms with van der Waals surface area (Å²) in [6.45, 7) is 0.543. The van der Waals surface area contributed by atoms with Gasteiger partial charge in [-0.2, -0.15) is 0 Å². The van der Waals surface area contributed by atoms with Crippen LogP contribution in [0.3, 0.4) is 0 Å². The summed E-state index contributed by atoms with van der Waals surface area (Å²) in [5, 5.41) is 10.1. The Morgan fingerprint density at radius 1 is 1.39 bits per heavy atom. The van der Waals surface area contributed by atoms with E-state index in [1.54, 1.807) is 29.5 Å². The zero-order chi connectivity index (χ0) is 13.0. The van der Waals surface area contributed by atoms with Gasteiger partial charge in [0.05, 0.1) is 12.2 Å². The van der Waals surface area contributed by atoms with Gasteiger partial charge in [-0.25, -0.2) is 0 Å². The Morgan fingerprint density at radius 3 is 2.89 bits per heavy atom. The average molecular weight is 281 g/mol. The van der Waals surface area contributed by atoms with Crippen LogP contribution in [0.2, 0.25) is 5.02 Å². The van der Waals surface area contributed by atoms with Crippen molar-refractivity contribution in [2.75, 3.05) is 6.61 Å². The van der Waals surface area contributed by atoms with E-state index >= 15 is 0 Å². The molecule has 3 N–H and O–H groups in total. The second-order valence-corrected chi connectivity index (χ2v) is 5.20. The Balaban J connectivity index is 2.03. The normalized spacial score (nSPS) is 10.3. The Kier molecular flexibility index (Phi) is 4.23. The summed E-state index contributed by atoms with van der Waals surface area (Å²) in [5.41, 5.74) is 6.07. The Labute approximate surface area is 115 Å². The Hall–Kier alpha value is -1.52. The number of thiophene rings is 1. The zero-order valence-electron chi connectivity index (χ0n) is 9.65. The molecule has 1 aromatic heterocycles. The second kappa shape index (κ2) is 5.89. The van der Waals surface area contributed by atoms with Crippen molar-refractivity contribution in [3.05, 3.63) is 51.2 Å². The SMILES string of the molecule is N=C(N)c1ccc(Cl)cc1OCCc1cccs1. The minimum atomic E-state index is -0.0159. The van der Waals surface area contributed by atoms with Crippen LogP contribution in [-0.2, 0) is 6.42 Å². The highest BCUT2D eigenvalue weighted by molar-refractivity contribution is 7.09. The number of halogens is 1. The van der Waals surface area contributed by atoms with Crippen molar-refractivity contribution in [2.45, 2.75) is 6.42 Å². The van der Waals surface area contributed by atoms with E-state index in [2.05, 4.69) is 6.07 Å². The molecule has 94 valence electrons. The summed E-state index contributed by atoms with van der Waals surface area (Å²) in [6, 6.07) is 9.17. The summed E-state index contributed by atoms with van der Waals surface area (Å²) in [4.78, 5) is 1.27. The van der Waals surface area contributed by atoms with E-state index in [4.69, 9.17) is 27.5 Å². The predicted octanol–water partition coefficient (Wildman–Crippen LogP) is 3.31. The molecule has 2 aromatic rings. The van der Waals surface area contributed by atoms with Gasteiger partial charge in [0.1, 0.15) is 11.6 Å². The summed E-state index contributed by atoms with van der Waals surface area (Å²) >= 11 is 7.61. The molecule has 5 heteroatoms. The molecule has 1 aromatic carbocycles. The fourth-order valence-corrected chi connectivity index (χ4v) is 2.41. The van der Waals surface area contributed by atoms with Crippen molar-refractivity contribution in [3.63, 3.8) is 0 Å². The molecule has 0 bridgehead atoms. The molecule has 0 unspecified atom stereocenters. The highest BCUT2D eigenvalue weighted by Gasteiger charge is 2.07. The van der Waals surface area contributed by atoms with Crippen LogP contribution in [0.15, 0.2) is 35.7 Å². The maximum Gasteiger partial charge on any atom is 0.131 e. The number of ether oxygens (including phenoxy) is 1. The van der Waals surface area contributed by atoms with Gasteiger partial charge in [0.15, 0.2) is 0 Å². The molecular weight excluding hydrogens is 268 g/mol. The van der Waals surface area contributed by atoms with Crippen molar-refractivity contribution in [3.8, 4) is 5.75 Å². The Bertz CT molecular complexity index is 540. The molecule has 0 aliphatic carbocycles. The third-order valence-corrected chi connectivity index (χ3v) is 3.59. The van der Waals surface area contributed by atoms with E-state index in [0.29, 0.717) is 22.9 Å². The van der Waals surface area contributed by atoms with E-state index in [9.17, 15) is 0 Å². The smallest absolute Gasteiger partial charge is 0.131 e. The number of rotatable bonds is 5. The van der Waals surface area contributed by atoms with Crippen molar-refractivity contribution in [1.29, 1.82) is 5.41 Å². The van der Waals surface area contributed by atoms with Gasteiger partial charge in [-0.05, 0) is 29.6 Å². The predicted molar refractivity (Wildman–Crippen MR) is 76.0 cm³/mol. The van der Waals surface area contributed by atoms with Crippen LogP contribution in [0, 0.1) is 5.41 Å². The molecule has 3 nitrogen and oxygen atoms in total. The van der Waals surface area contributed by atoms with Gasteiger partial charge in [0, 0.05) is 16.3 Å². The lowest BCUT2D eigenvalue weighted by Gasteiger charge is -2.10. The summed E-state index contributed by atoms with van der Waals surface area (Å²) in [5.74, 6) is 0.546. The number of hydrogen-bond acceptors (Lipinski definition) is 3. The molecule has 0 amide bonds. The first-order chi connectivity index (χ1) is 8.66. The Morgan fingerprint density at radius 2 is 2.22 bits per heavy atom. The molecule has 1 heterocycles. The highest BCUT2D eigenvalue weighted by Crippen LogP contribution is 2.23. The molecular formula is C13H13ClN2OS. The van der Waals surface area contributed by atoms with Crippen LogP contribution in [0.25, 0.3) is 0 Å². The zero-order valence-corrected chi connectivity index (χ0v) is 11.2. The fraction of sp³-hybridized carbons (Fsp3) is 0.154. The van der Waals surface area contributed by atoms with Crippen LogP contribution in [0.5, 0.6) is 5.75 Å².